The van der Waals surface area contributed by atoms with Gasteiger partial charge in [0.15, 0.2) is 0 Å². The zero-order valence-corrected chi connectivity index (χ0v) is 7.86. The molecule has 0 aliphatic heterocycles. The van der Waals surface area contributed by atoms with Gasteiger partial charge >= 0.3 is 0 Å². The van der Waals surface area contributed by atoms with Gasteiger partial charge < -0.3 is 11.1 Å². The number of aromatic nitrogens is 2. The topological polar surface area (TPSA) is 83.8 Å². The number of hydrogen-bond acceptors (Lipinski definition) is 3. The van der Waals surface area contributed by atoms with Gasteiger partial charge in [0.2, 0.25) is 5.91 Å². The summed E-state index contributed by atoms with van der Waals surface area (Å²) in [6, 6.07) is 1.27. The first-order valence-corrected chi connectivity index (χ1v) is 4.36. The van der Waals surface area contributed by atoms with Crippen LogP contribution in [0.15, 0.2) is 24.9 Å². The number of rotatable bonds is 5. The van der Waals surface area contributed by atoms with Gasteiger partial charge in [-0.25, -0.2) is 0 Å². The van der Waals surface area contributed by atoms with Crippen LogP contribution < -0.4 is 11.1 Å². The molecule has 0 saturated carbocycles. The fourth-order valence-corrected chi connectivity index (χ4v) is 0.983. The summed E-state index contributed by atoms with van der Waals surface area (Å²) in [5.74, 6) is -0.181. The van der Waals surface area contributed by atoms with E-state index >= 15 is 0 Å². The Morgan fingerprint density at radius 3 is 3.21 bits per heavy atom. The van der Waals surface area contributed by atoms with Gasteiger partial charge in [0.05, 0.1) is 18.3 Å². The average molecular weight is 194 g/mol. The van der Waals surface area contributed by atoms with Gasteiger partial charge in [-0.05, 0) is 12.5 Å². The molecular weight excluding hydrogens is 180 g/mol. The molecule has 0 radical (unpaired) electrons. The number of nitrogens with one attached hydrogen (secondary N) is 2. The molecule has 1 unspecified atom stereocenters. The molecule has 1 aromatic heterocycles. The third kappa shape index (κ3) is 3.02. The van der Waals surface area contributed by atoms with Crippen LogP contribution in [0.1, 0.15) is 12.1 Å². The van der Waals surface area contributed by atoms with Gasteiger partial charge in [0, 0.05) is 6.20 Å². The van der Waals surface area contributed by atoms with Gasteiger partial charge in [0.1, 0.15) is 0 Å². The summed E-state index contributed by atoms with van der Waals surface area (Å²) in [4.78, 5) is 11.3. The van der Waals surface area contributed by atoms with Crippen LogP contribution >= 0.6 is 0 Å². The molecule has 1 heterocycles. The maximum atomic E-state index is 11.3. The first kappa shape index (κ1) is 10.5. The third-order valence-corrected chi connectivity index (χ3v) is 1.77. The zero-order chi connectivity index (χ0) is 10.4. The fraction of sp³-hybridized carbons (Fsp3) is 0.333. The number of aromatic amines is 1. The molecule has 76 valence electrons. The van der Waals surface area contributed by atoms with Crippen molar-refractivity contribution < 1.29 is 4.79 Å². The lowest BCUT2D eigenvalue weighted by Gasteiger charge is -2.08. The molecule has 1 atom stereocenters. The number of amides is 1. The third-order valence-electron chi connectivity index (χ3n) is 1.77. The molecule has 14 heavy (non-hydrogen) atoms. The Kier molecular flexibility index (Phi) is 3.87. The number of hydrogen-bond donors (Lipinski definition) is 3. The van der Waals surface area contributed by atoms with Crippen LogP contribution in [0.4, 0.5) is 0 Å². The Morgan fingerprint density at radius 2 is 2.64 bits per heavy atom. The van der Waals surface area contributed by atoms with Crippen molar-refractivity contribution in [3.8, 4) is 0 Å². The van der Waals surface area contributed by atoms with Crippen molar-refractivity contribution in [1.82, 2.24) is 15.5 Å². The molecule has 0 saturated heterocycles. The normalized spacial score (nSPS) is 12.1. The minimum atomic E-state index is -0.518. The summed E-state index contributed by atoms with van der Waals surface area (Å²) in [5, 5.41) is 9.18. The number of nitrogens with two attached hydrogens (primary N) is 1. The van der Waals surface area contributed by atoms with E-state index in [0.717, 1.165) is 5.69 Å². The van der Waals surface area contributed by atoms with Gasteiger partial charge in [-0.15, -0.1) is 6.58 Å². The highest BCUT2D eigenvalue weighted by Gasteiger charge is 2.10. The Morgan fingerprint density at radius 1 is 1.86 bits per heavy atom. The van der Waals surface area contributed by atoms with E-state index in [4.69, 9.17) is 5.73 Å². The maximum absolute atomic E-state index is 11.3. The van der Waals surface area contributed by atoms with Crippen molar-refractivity contribution >= 4 is 5.91 Å². The molecular formula is C9H14N4O. The molecule has 0 aromatic carbocycles. The standard InChI is InChI=1S/C9H14N4O/c1-2-3-8(10)9(14)11-6-7-4-5-12-13-7/h2,4-5,8H,1,3,6,10H2,(H,11,14)(H,12,13). The van der Waals surface area contributed by atoms with E-state index in [1.165, 1.54) is 0 Å². The average Bonchev–Trinajstić information content (AvgIpc) is 2.67. The molecule has 1 aromatic rings. The van der Waals surface area contributed by atoms with Gasteiger partial charge in [-0.2, -0.15) is 5.10 Å². The lowest BCUT2D eigenvalue weighted by Crippen LogP contribution is -2.39. The monoisotopic (exact) mass is 194 g/mol. The number of carbonyl (C=O) groups is 1. The van der Waals surface area contributed by atoms with E-state index in [2.05, 4.69) is 22.1 Å². The van der Waals surface area contributed by atoms with E-state index < -0.39 is 6.04 Å². The van der Waals surface area contributed by atoms with Crippen LogP contribution in [0.25, 0.3) is 0 Å². The van der Waals surface area contributed by atoms with Crippen LogP contribution in [0.5, 0.6) is 0 Å². The highest BCUT2D eigenvalue weighted by Crippen LogP contribution is 1.92. The Balaban J connectivity index is 2.31. The van der Waals surface area contributed by atoms with Crippen molar-refractivity contribution in [2.45, 2.75) is 19.0 Å². The summed E-state index contributed by atoms with van der Waals surface area (Å²) < 4.78 is 0. The van der Waals surface area contributed by atoms with E-state index in [-0.39, 0.29) is 5.91 Å². The summed E-state index contributed by atoms with van der Waals surface area (Å²) >= 11 is 0. The molecule has 0 bridgehead atoms. The van der Waals surface area contributed by atoms with Crippen LogP contribution in [-0.2, 0) is 11.3 Å². The predicted octanol–water partition coefficient (Wildman–Crippen LogP) is -0.0707. The fourth-order valence-electron chi connectivity index (χ4n) is 0.983. The maximum Gasteiger partial charge on any atom is 0.237 e. The number of nitrogens with zero attached hydrogens (tertiary/aromatic N) is 1. The number of H-pyrrole nitrogens is 1. The largest absolute Gasteiger partial charge is 0.349 e. The first-order chi connectivity index (χ1) is 6.74. The molecule has 0 spiro atoms. The summed E-state index contributed by atoms with van der Waals surface area (Å²) in [6.07, 6.45) is 3.74. The molecule has 5 nitrogen and oxygen atoms in total. The summed E-state index contributed by atoms with van der Waals surface area (Å²) in [7, 11) is 0. The van der Waals surface area contributed by atoms with E-state index in [1.807, 2.05) is 0 Å². The molecule has 1 rings (SSSR count). The molecule has 0 aliphatic carbocycles. The summed E-state index contributed by atoms with van der Waals surface area (Å²) in [5.41, 5.74) is 6.41. The van der Waals surface area contributed by atoms with Crippen molar-refractivity contribution in [2.24, 2.45) is 5.73 Å². The Hall–Kier alpha value is -1.62. The Bertz CT molecular complexity index is 294. The summed E-state index contributed by atoms with van der Waals surface area (Å²) in [6.45, 7) is 3.94. The molecule has 1 amide bonds. The number of carbonyl (C=O) groups excluding carboxylic acids is 1. The van der Waals surface area contributed by atoms with Crippen molar-refractivity contribution in [3.05, 3.63) is 30.6 Å². The van der Waals surface area contributed by atoms with E-state index in [9.17, 15) is 4.79 Å². The minimum absolute atomic E-state index is 0.181. The highest BCUT2D eigenvalue weighted by atomic mass is 16.2. The smallest absolute Gasteiger partial charge is 0.237 e. The zero-order valence-electron chi connectivity index (χ0n) is 7.86. The van der Waals surface area contributed by atoms with Crippen molar-refractivity contribution in [2.75, 3.05) is 0 Å². The first-order valence-electron chi connectivity index (χ1n) is 4.36. The highest BCUT2D eigenvalue weighted by molar-refractivity contribution is 5.81. The SMILES string of the molecule is C=CCC(N)C(=O)NCc1ccn[nH]1. The molecule has 4 N–H and O–H groups in total. The second kappa shape index (κ2) is 5.18. The van der Waals surface area contributed by atoms with Gasteiger partial charge in [-0.1, -0.05) is 6.08 Å². The lowest BCUT2D eigenvalue weighted by atomic mass is 10.2. The van der Waals surface area contributed by atoms with E-state index in [0.29, 0.717) is 13.0 Å². The van der Waals surface area contributed by atoms with Crippen molar-refractivity contribution in [1.29, 1.82) is 0 Å². The van der Waals surface area contributed by atoms with Gasteiger partial charge in [-0.3, -0.25) is 9.89 Å². The molecule has 5 heteroatoms. The van der Waals surface area contributed by atoms with Crippen LogP contribution in [0.2, 0.25) is 0 Å². The predicted molar refractivity (Wildman–Crippen MR) is 53.2 cm³/mol. The molecule has 0 fully saturated rings. The second-order valence-electron chi connectivity index (χ2n) is 2.93. The second-order valence-corrected chi connectivity index (χ2v) is 2.93. The quantitative estimate of drug-likeness (QED) is 0.574. The minimum Gasteiger partial charge on any atom is -0.349 e. The van der Waals surface area contributed by atoms with E-state index in [1.54, 1.807) is 18.3 Å². The van der Waals surface area contributed by atoms with Gasteiger partial charge in [0.25, 0.3) is 0 Å². The molecule has 0 aliphatic rings. The van der Waals surface area contributed by atoms with Crippen LogP contribution in [0, 0.1) is 0 Å². The Labute approximate surface area is 82.4 Å². The lowest BCUT2D eigenvalue weighted by molar-refractivity contribution is -0.122. The van der Waals surface area contributed by atoms with Crippen molar-refractivity contribution in [3.63, 3.8) is 0 Å². The van der Waals surface area contributed by atoms with Crippen LogP contribution in [-0.4, -0.2) is 22.1 Å². The van der Waals surface area contributed by atoms with Crippen LogP contribution in [0.3, 0.4) is 0 Å².